The first-order chi connectivity index (χ1) is 10.7. The molecule has 0 aliphatic rings. The number of aryl methyl sites for hydroxylation is 1. The number of carbonyl (C=O) groups excluding carboxylic acids is 2. The summed E-state index contributed by atoms with van der Waals surface area (Å²) in [6.45, 7) is 5.43. The molecule has 1 heterocycles. The summed E-state index contributed by atoms with van der Waals surface area (Å²) in [4.78, 5) is 23.8. The molecule has 0 spiro atoms. The van der Waals surface area contributed by atoms with Crippen molar-refractivity contribution in [3.8, 4) is 0 Å². The van der Waals surface area contributed by atoms with Gasteiger partial charge in [-0.1, -0.05) is 6.42 Å². The molecule has 0 aliphatic carbocycles. The summed E-state index contributed by atoms with van der Waals surface area (Å²) in [5.74, 6) is -0.176. The highest BCUT2D eigenvalue weighted by Crippen LogP contribution is 2.31. The van der Waals surface area contributed by atoms with Crippen molar-refractivity contribution in [2.24, 2.45) is 0 Å². The number of unbranched alkanes of at least 4 members (excludes halogenated alkanes) is 2. The molecule has 0 atom stereocenters. The van der Waals surface area contributed by atoms with Crippen LogP contribution in [0.15, 0.2) is 5.38 Å². The number of ether oxygens (including phenoxy) is 2. The van der Waals surface area contributed by atoms with Crippen molar-refractivity contribution in [1.82, 2.24) is 0 Å². The van der Waals surface area contributed by atoms with E-state index in [0.29, 0.717) is 17.8 Å². The van der Waals surface area contributed by atoms with Crippen LogP contribution in [0.2, 0.25) is 0 Å². The molecule has 130 valence electrons. The van der Waals surface area contributed by atoms with Gasteiger partial charge in [-0.25, -0.2) is 4.79 Å². The van der Waals surface area contributed by atoms with Crippen molar-refractivity contribution in [1.29, 1.82) is 0 Å². The van der Waals surface area contributed by atoms with Crippen molar-refractivity contribution >= 4 is 34.8 Å². The molecule has 0 radical (unpaired) electrons. The Labute approximate surface area is 141 Å². The SMILES string of the molecule is COC(=O)CCCCCc1scc(NC(=O)OC(C)(C)C)c1N. The Kier molecular flexibility index (Phi) is 7.35. The number of thiophene rings is 1. The second kappa shape index (κ2) is 8.76. The number of esters is 1. The number of hydrogen-bond donors (Lipinski definition) is 2. The summed E-state index contributed by atoms with van der Waals surface area (Å²) in [5.41, 5.74) is 6.70. The summed E-state index contributed by atoms with van der Waals surface area (Å²) >= 11 is 1.52. The van der Waals surface area contributed by atoms with Crippen LogP contribution in [-0.2, 0) is 20.7 Å². The summed E-state index contributed by atoms with van der Waals surface area (Å²) in [7, 11) is 1.40. The van der Waals surface area contributed by atoms with Gasteiger partial charge in [0.05, 0.1) is 18.5 Å². The smallest absolute Gasteiger partial charge is 0.412 e. The van der Waals surface area contributed by atoms with E-state index in [9.17, 15) is 9.59 Å². The van der Waals surface area contributed by atoms with E-state index in [2.05, 4.69) is 10.1 Å². The standard InChI is InChI=1S/C16H26N2O4S/c1-16(2,3)22-15(20)18-11-10-23-12(14(11)17)8-6-5-7-9-13(19)21-4/h10H,5-9,17H2,1-4H3,(H,18,20). The lowest BCUT2D eigenvalue weighted by Crippen LogP contribution is -2.27. The number of methoxy groups -OCH3 is 1. The zero-order valence-electron chi connectivity index (χ0n) is 14.2. The lowest BCUT2D eigenvalue weighted by molar-refractivity contribution is -0.140. The van der Waals surface area contributed by atoms with Crippen molar-refractivity contribution in [3.05, 3.63) is 10.3 Å². The fourth-order valence-corrected chi connectivity index (χ4v) is 2.89. The highest BCUT2D eigenvalue weighted by atomic mass is 32.1. The number of anilines is 2. The average molecular weight is 342 g/mol. The lowest BCUT2D eigenvalue weighted by atomic mass is 10.1. The van der Waals surface area contributed by atoms with Crippen LogP contribution in [-0.4, -0.2) is 24.8 Å². The Morgan fingerprint density at radius 1 is 1.26 bits per heavy atom. The second-order valence-corrected chi connectivity index (χ2v) is 7.21. The number of amides is 1. The molecule has 1 amide bonds. The van der Waals surface area contributed by atoms with E-state index in [1.54, 1.807) is 0 Å². The predicted molar refractivity (Wildman–Crippen MR) is 92.8 cm³/mol. The molecule has 1 aromatic rings. The number of hydrogen-bond acceptors (Lipinski definition) is 6. The Hall–Kier alpha value is -1.76. The summed E-state index contributed by atoms with van der Waals surface area (Å²) < 4.78 is 9.81. The molecule has 0 saturated carbocycles. The molecule has 0 unspecified atom stereocenters. The van der Waals surface area contributed by atoms with Gasteiger partial charge < -0.3 is 15.2 Å². The lowest BCUT2D eigenvalue weighted by Gasteiger charge is -2.19. The monoisotopic (exact) mass is 342 g/mol. The van der Waals surface area contributed by atoms with Crippen LogP contribution in [0.5, 0.6) is 0 Å². The van der Waals surface area contributed by atoms with Gasteiger partial charge in [-0.15, -0.1) is 11.3 Å². The fourth-order valence-electron chi connectivity index (χ4n) is 1.94. The normalized spacial score (nSPS) is 11.1. The van der Waals surface area contributed by atoms with Crippen LogP contribution in [0.3, 0.4) is 0 Å². The molecular formula is C16H26N2O4S. The maximum Gasteiger partial charge on any atom is 0.412 e. The van der Waals surface area contributed by atoms with Gasteiger partial charge in [-0.2, -0.15) is 0 Å². The largest absolute Gasteiger partial charge is 0.469 e. The third-order valence-corrected chi connectivity index (χ3v) is 4.12. The number of carbonyl (C=O) groups is 2. The van der Waals surface area contributed by atoms with Crippen LogP contribution in [0, 0.1) is 0 Å². The minimum Gasteiger partial charge on any atom is -0.469 e. The topological polar surface area (TPSA) is 90.6 Å². The molecular weight excluding hydrogens is 316 g/mol. The van der Waals surface area contributed by atoms with Crippen molar-refractivity contribution in [2.75, 3.05) is 18.2 Å². The number of nitrogens with two attached hydrogens (primary N) is 1. The third kappa shape index (κ3) is 7.36. The fraction of sp³-hybridized carbons (Fsp3) is 0.625. The minimum atomic E-state index is -0.544. The predicted octanol–water partition coefficient (Wildman–Crippen LogP) is 3.95. The molecule has 0 fully saturated rings. The molecule has 1 rings (SSSR count). The van der Waals surface area contributed by atoms with E-state index in [4.69, 9.17) is 10.5 Å². The Bertz CT molecular complexity index is 535. The van der Waals surface area contributed by atoms with E-state index in [-0.39, 0.29) is 5.97 Å². The highest BCUT2D eigenvalue weighted by Gasteiger charge is 2.18. The van der Waals surface area contributed by atoms with Gasteiger partial charge in [0, 0.05) is 16.7 Å². The van der Waals surface area contributed by atoms with Gasteiger partial charge in [0.2, 0.25) is 0 Å². The minimum absolute atomic E-state index is 0.176. The van der Waals surface area contributed by atoms with Crippen LogP contribution in [0.25, 0.3) is 0 Å². The number of nitrogens with one attached hydrogen (secondary N) is 1. The van der Waals surface area contributed by atoms with E-state index < -0.39 is 11.7 Å². The summed E-state index contributed by atoms with van der Waals surface area (Å²) in [6.07, 6.45) is 3.44. The molecule has 0 saturated heterocycles. The van der Waals surface area contributed by atoms with Crippen molar-refractivity contribution in [2.45, 2.75) is 58.5 Å². The Balaban J connectivity index is 2.41. The van der Waals surface area contributed by atoms with Gasteiger partial charge in [-0.05, 0) is 40.0 Å². The molecule has 7 heteroatoms. The van der Waals surface area contributed by atoms with Crippen LogP contribution in [0.1, 0.15) is 51.3 Å². The summed E-state index contributed by atoms with van der Waals surface area (Å²) in [6, 6.07) is 0. The van der Waals surface area contributed by atoms with Gasteiger partial charge in [0.1, 0.15) is 5.60 Å². The van der Waals surface area contributed by atoms with Crippen molar-refractivity contribution in [3.63, 3.8) is 0 Å². The first-order valence-corrected chi connectivity index (χ1v) is 8.53. The molecule has 0 aliphatic heterocycles. The third-order valence-electron chi connectivity index (χ3n) is 3.06. The number of rotatable bonds is 7. The molecule has 0 bridgehead atoms. The van der Waals surface area contributed by atoms with Crippen molar-refractivity contribution < 1.29 is 19.1 Å². The van der Waals surface area contributed by atoms with Gasteiger partial charge in [0.25, 0.3) is 0 Å². The molecule has 0 aromatic carbocycles. The molecule has 6 nitrogen and oxygen atoms in total. The van der Waals surface area contributed by atoms with Crippen LogP contribution < -0.4 is 11.1 Å². The molecule has 1 aromatic heterocycles. The van der Waals surface area contributed by atoms with Crippen LogP contribution in [0.4, 0.5) is 16.2 Å². The van der Waals surface area contributed by atoms with E-state index in [1.165, 1.54) is 18.4 Å². The number of nitrogen functional groups attached to an aromatic ring is 1. The molecule has 23 heavy (non-hydrogen) atoms. The highest BCUT2D eigenvalue weighted by molar-refractivity contribution is 7.11. The van der Waals surface area contributed by atoms with Crippen LogP contribution >= 0.6 is 11.3 Å². The van der Waals surface area contributed by atoms with E-state index in [0.717, 1.165) is 30.6 Å². The van der Waals surface area contributed by atoms with Gasteiger partial charge >= 0.3 is 12.1 Å². The van der Waals surface area contributed by atoms with E-state index in [1.807, 2.05) is 26.2 Å². The maximum absolute atomic E-state index is 11.8. The first kappa shape index (κ1) is 19.3. The second-order valence-electron chi connectivity index (χ2n) is 6.25. The molecule has 3 N–H and O–H groups in total. The summed E-state index contributed by atoms with van der Waals surface area (Å²) in [5, 5.41) is 4.50. The quantitative estimate of drug-likeness (QED) is 0.578. The zero-order chi connectivity index (χ0) is 17.5. The Morgan fingerprint density at radius 3 is 2.57 bits per heavy atom. The maximum atomic E-state index is 11.8. The van der Waals surface area contributed by atoms with Gasteiger partial charge in [0.15, 0.2) is 0 Å². The zero-order valence-corrected chi connectivity index (χ0v) is 15.0. The Morgan fingerprint density at radius 2 is 1.96 bits per heavy atom. The average Bonchev–Trinajstić information content (AvgIpc) is 2.77. The van der Waals surface area contributed by atoms with Gasteiger partial charge in [-0.3, -0.25) is 10.1 Å². The first-order valence-electron chi connectivity index (χ1n) is 7.65. The van der Waals surface area contributed by atoms with E-state index >= 15 is 0 Å².